The largest absolute Gasteiger partial charge is 0.493 e. The summed E-state index contributed by atoms with van der Waals surface area (Å²) in [6, 6.07) is 28.4. The Balaban J connectivity index is 0.000000186. The molecule has 1 fully saturated rings. The van der Waals surface area contributed by atoms with Gasteiger partial charge in [-0.25, -0.2) is 4.39 Å². The Bertz CT molecular complexity index is 1750. The Morgan fingerprint density at radius 1 is 0.936 bits per heavy atom. The number of aliphatic hydroxyl groups is 1. The molecule has 1 saturated heterocycles. The van der Waals surface area contributed by atoms with Crippen LogP contribution in [0.5, 0.6) is 5.75 Å². The SMILES string of the molecule is CCN(CC)CCNc1ccc(CO)c2sc3ccccc3c(=O)c12.Fc1ccc(OCC2CCN(Cc3ccccc3)CC2)cc1. The van der Waals surface area contributed by atoms with Crippen molar-refractivity contribution < 1.29 is 14.2 Å². The van der Waals surface area contributed by atoms with Crippen LogP contribution in [-0.2, 0) is 13.2 Å². The van der Waals surface area contributed by atoms with Crippen molar-refractivity contribution in [2.75, 3.05) is 51.2 Å². The minimum atomic E-state index is -0.221. The number of anilines is 1. The molecule has 248 valence electrons. The molecule has 2 N–H and O–H groups in total. The molecule has 0 radical (unpaired) electrons. The molecule has 0 atom stereocenters. The molecule has 6 rings (SSSR count). The first-order valence-electron chi connectivity index (χ1n) is 16.7. The molecule has 0 aliphatic carbocycles. The van der Waals surface area contributed by atoms with Crippen molar-refractivity contribution in [2.24, 2.45) is 5.92 Å². The highest BCUT2D eigenvalue weighted by Gasteiger charge is 2.20. The number of fused-ring (bicyclic) bond motifs is 2. The van der Waals surface area contributed by atoms with E-state index in [1.807, 2.05) is 36.4 Å². The predicted octanol–water partition coefficient (Wildman–Crippen LogP) is 7.78. The number of likely N-dealkylation sites (tertiary alicyclic amines) is 1. The van der Waals surface area contributed by atoms with E-state index in [0.717, 1.165) is 97.0 Å². The number of piperidine rings is 1. The lowest BCUT2D eigenvalue weighted by atomic mass is 9.97. The van der Waals surface area contributed by atoms with E-state index in [2.05, 4.69) is 59.3 Å². The Morgan fingerprint density at radius 2 is 1.64 bits per heavy atom. The van der Waals surface area contributed by atoms with Gasteiger partial charge in [0.1, 0.15) is 11.6 Å². The average molecular weight is 656 g/mol. The summed E-state index contributed by atoms with van der Waals surface area (Å²) in [6.45, 7) is 12.0. The van der Waals surface area contributed by atoms with Crippen LogP contribution in [-0.4, -0.2) is 60.8 Å². The average Bonchev–Trinajstić information content (AvgIpc) is 3.11. The monoisotopic (exact) mass is 655 g/mol. The first-order chi connectivity index (χ1) is 23.0. The van der Waals surface area contributed by atoms with E-state index in [1.54, 1.807) is 23.5 Å². The van der Waals surface area contributed by atoms with Crippen molar-refractivity contribution in [2.45, 2.75) is 39.8 Å². The van der Waals surface area contributed by atoms with Gasteiger partial charge in [-0.2, -0.15) is 0 Å². The molecule has 0 saturated carbocycles. The Morgan fingerprint density at radius 3 is 2.34 bits per heavy atom. The van der Waals surface area contributed by atoms with Crippen LogP contribution in [0.3, 0.4) is 0 Å². The summed E-state index contributed by atoms with van der Waals surface area (Å²) >= 11 is 1.57. The van der Waals surface area contributed by atoms with Crippen LogP contribution in [0.1, 0.15) is 37.8 Å². The van der Waals surface area contributed by atoms with Crippen molar-refractivity contribution >= 4 is 37.2 Å². The molecule has 0 amide bonds. The number of benzene rings is 4. The van der Waals surface area contributed by atoms with Crippen molar-refractivity contribution in [1.82, 2.24) is 9.80 Å². The number of hydrogen-bond acceptors (Lipinski definition) is 7. The second-order valence-electron chi connectivity index (χ2n) is 12.0. The second-order valence-corrected chi connectivity index (χ2v) is 13.0. The lowest BCUT2D eigenvalue weighted by Gasteiger charge is -2.31. The van der Waals surface area contributed by atoms with E-state index in [1.165, 1.54) is 17.7 Å². The third kappa shape index (κ3) is 9.39. The normalized spacial score (nSPS) is 13.9. The van der Waals surface area contributed by atoms with Crippen LogP contribution < -0.4 is 15.5 Å². The molecule has 1 aliphatic heterocycles. The van der Waals surface area contributed by atoms with Gasteiger partial charge >= 0.3 is 0 Å². The van der Waals surface area contributed by atoms with E-state index in [9.17, 15) is 14.3 Å². The maximum atomic E-state index is 13.1. The van der Waals surface area contributed by atoms with Crippen LogP contribution >= 0.6 is 11.3 Å². The lowest BCUT2D eigenvalue weighted by Crippen LogP contribution is -2.35. The molecular weight excluding hydrogens is 610 g/mol. The van der Waals surface area contributed by atoms with E-state index in [4.69, 9.17) is 4.74 Å². The third-order valence-electron chi connectivity index (χ3n) is 8.87. The summed E-state index contributed by atoms with van der Waals surface area (Å²) in [5, 5.41) is 14.5. The number of aliphatic hydroxyl groups excluding tert-OH is 1. The number of halogens is 1. The number of likely N-dealkylation sites (N-methyl/N-ethyl adjacent to an activating group) is 1. The van der Waals surface area contributed by atoms with E-state index in [0.29, 0.717) is 11.3 Å². The van der Waals surface area contributed by atoms with Crippen LogP contribution in [0.15, 0.2) is 95.8 Å². The summed E-state index contributed by atoms with van der Waals surface area (Å²) in [6.07, 6.45) is 2.32. The molecule has 1 aromatic heterocycles. The number of nitrogens with zero attached hydrogens (tertiary/aromatic N) is 2. The number of hydrogen-bond donors (Lipinski definition) is 2. The highest BCUT2D eigenvalue weighted by atomic mass is 32.1. The second kappa shape index (κ2) is 17.4. The standard InChI is InChI=1S/C20H24N2O2S.C19H22FNO/c1-3-22(4-2)12-11-21-16-10-9-14(13-23)20-18(16)19(24)15-7-5-6-8-17(15)25-20;20-18-6-8-19(9-7-18)22-15-17-10-12-21(13-11-17)14-16-4-2-1-3-5-16/h5-10,21,23H,3-4,11-13H2,1-2H3;1-9,17H,10-15H2. The van der Waals surface area contributed by atoms with Gasteiger partial charge in [-0.05, 0) is 98.5 Å². The van der Waals surface area contributed by atoms with Gasteiger partial charge in [-0.15, -0.1) is 11.3 Å². The summed E-state index contributed by atoms with van der Waals surface area (Å²) in [5.74, 6) is 1.13. The van der Waals surface area contributed by atoms with Gasteiger partial charge in [0.15, 0.2) is 5.43 Å². The van der Waals surface area contributed by atoms with Crippen molar-refractivity contribution in [3.8, 4) is 5.75 Å². The highest BCUT2D eigenvalue weighted by Crippen LogP contribution is 2.32. The Labute approximate surface area is 281 Å². The van der Waals surface area contributed by atoms with Crippen LogP contribution in [0.4, 0.5) is 10.1 Å². The molecule has 47 heavy (non-hydrogen) atoms. The zero-order chi connectivity index (χ0) is 33.0. The smallest absolute Gasteiger partial charge is 0.197 e. The summed E-state index contributed by atoms with van der Waals surface area (Å²) < 4.78 is 20.4. The minimum Gasteiger partial charge on any atom is -0.493 e. The van der Waals surface area contributed by atoms with Gasteiger partial charge < -0.3 is 20.1 Å². The molecule has 1 aliphatic rings. The first-order valence-corrected chi connectivity index (χ1v) is 17.5. The Hall–Kier alpha value is -3.82. The van der Waals surface area contributed by atoms with Crippen molar-refractivity contribution in [3.05, 3.63) is 118 Å². The number of ether oxygens (including phenoxy) is 1. The van der Waals surface area contributed by atoms with Crippen LogP contribution in [0, 0.1) is 11.7 Å². The van der Waals surface area contributed by atoms with E-state index < -0.39 is 0 Å². The fourth-order valence-electron chi connectivity index (χ4n) is 6.01. The molecule has 0 unspecified atom stereocenters. The van der Waals surface area contributed by atoms with Gasteiger partial charge in [0, 0.05) is 40.1 Å². The van der Waals surface area contributed by atoms with Crippen LogP contribution in [0.25, 0.3) is 20.2 Å². The summed E-state index contributed by atoms with van der Waals surface area (Å²) in [7, 11) is 0. The van der Waals surface area contributed by atoms with Crippen LogP contribution in [0.2, 0.25) is 0 Å². The maximum Gasteiger partial charge on any atom is 0.197 e. The van der Waals surface area contributed by atoms with Crippen molar-refractivity contribution in [1.29, 1.82) is 0 Å². The third-order valence-corrected chi connectivity index (χ3v) is 10.1. The van der Waals surface area contributed by atoms with Gasteiger partial charge in [0.05, 0.1) is 18.6 Å². The highest BCUT2D eigenvalue weighted by molar-refractivity contribution is 7.24. The van der Waals surface area contributed by atoms with Gasteiger partial charge in [-0.1, -0.05) is 62.4 Å². The first kappa shape index (κ1) is 34.5. The van der Waals surface area contributed by atoms with Gasteiger partial charge in [0.25, 0.3) is 0 Å². The molecule has 6 nitrogen and oxygen atoms in total. The Kier molecular flexibility index (Phi) is 12.8. The summed E-state index contributed by atoms with van der Waals surface area (Å²) in [4.78, 5) is 17.9. The quantitative estimate of drug-likeness (QED) is 0.134. The zero-order valence-electron chi connectivity index (χ0n) is 27.5. The molecule has 4 aromatic carbocycles. The summed E-state index contributed by atoms with van der Waals surface area (Å²) in [5.41, 5.74) is 3.07. The molecular formula is C39H46FN3O3S. The van der Waals surface area contributed by atoms with E-state index in [-0.39, 0.29) is 17.9 Å². The molecule has 8 heteroatoms. The molecule has 5 aromatic rings. The van der Waals surface area contributed by atoms with E-state index >= 15 is 0 Å². The van der Waals surface area contributed by atoms with Gasteiger partial charge in [0.2, 0.25) is 0 Å². The molecule has 0 bridgehead atoms. The fraction of sp³-hybridized carbons (Fsp3) is 0.359. The van der Waals surface area contributed by atoms with Gasteiger partial charge in [-0.3, -0.25) is 9.69 Å². The number of nitrogens with one attached hydrogen (secondary N) is 1. The minimum absolute atomic E-state index is 0.0324. The number of rotatable bonds is 12. The topological polar surface area (TPSA) is 65.0 Å². The van der Waals surface area contributed by atoms with Crippen molar-refractivity contribution in [3.63, 3.8) is 0 Å². The predicted molar refractivity (Wildman–Crippen MR) is 194 cm³/mol. The lowest BCUT2D eigenvalue weighted by molar-refractivity contribution is 0.136. The fourth-order valence-corrected chi connectivity index (χ4v) is 7.22. The maximum absolute atomic E-state index is 13.1. The molecule has 0 spiro atoms. The molecule has 2 heterocycles. The zero-order valence-corrected chi connectivity index (χ0v) is 28.3.